The summed E-state index contributed by atoms with van der Waals surface area (Å²) in [6.07, 6.45) is 4.23. The fourth-order valence-electron chi connectivity index (χ4n) is 1.39. The van der Waals surface area contributed by atoms with Crippen molar-refractivity contribution in [3.05, 3.63) is 36.2 Å². The molecule has 2 aromatic rings. The molecule has 0 radical (unpaired) electrons. The number of carbonyl (C=O) groups is 1. The van der Waals surface area contributed by atoms with E-state index in [1.54, 1.807) is 17.1 Å². The second-order valence-corrected chi connectivity index (χ2v) is 3.12. The van der Waals surface area contributed by atoms with Crippen molar-refractivity contribution in [1.82, 2.24) is 14.8 Å². The van der Waals surface area contributed by atoms with Crippen molar-refractivity contribution >= 4 is 6.29 Å². The number of rotatable bonds is 3. The molecule has 0 bridgehead atoms. The van der Waals surface area contributed by atoms with Gasteiger partial charge in [-0.2, -0.15) is 5.10 Å². The summed E-state index contributed by atoms with van der Waals surface area (Å²) in [6, 6.07) is 5.55. The smallest absolute Gasteiger partial charge is 0.153 e. The summed E-state index contributed by atoms with van der Waals surface area (Å²) < 4.78 is 1.73. The van der Waals surface area contributed by atoms with E-state index in [1.165, 1.54) is 0 Å². The first-order valence-electron chi connectivity index (χ1n) is 4.79. The SMILES string of the molecule is CCn1cc(C=O)c(-c2ccccn2)n1. The van der Waals surface area contributed by atoms with E-state index in [0.717, 1.165) is 18.5 Å². The zero-order valence-corrected chi connectivity index (χ0v) is 8.42. The fraction of sp³-hybridized carbons (Fsp3) is 0.182. The van der Waals surface area contributed by atoms with E-state index in [4.69, 9.17) is 0 Å². The maximum Gasteiger partial charge on any atom is 0.153 e. The molecule has 2 rings (SSSR count). The second kappa shape index (κ2) is 4.04. The third-order valence-electron chi connectivity index (χ3n) is 2.15. The van der Waals surface area contributed by atoms with Gasteiger partial charge >= 0.3 is 0 Å². The summed E-state index contributed by atoms with van der Waals surface area (Å²) in [5.74, 6) is 0. The Morgan fingerprint density at radius 1 is 1.47 bits per heavy atom. The van der Waals surface area contributed by atoms with E-state index in [9.17, 15) is 4.79 Å². The highest BCUT2D eigenvalue weighted by Gasteiger charge is 2.10. The van der Waals surface area contributed by atoms with Gasteiger partial charge in [-0.3, -0.25) is 14.5 Å². The van der Waals surface area contributed by atoms with E-state index in [1.807, 2.05) is 25.1 Å². The predicted molar refractivity (Wildman–Crippen MR) is 56.5 cm³/mol. The van der Waals surface area contributed by atoms with Gasteiger partial charge in [-0.1, -0.05) is 6.07 Å². The van der Waals surface area contributed by atoms with Crippen LogP contribution >= 0.6 is 0 Å². The summed E-state index contributed by atoms with van der Waals surface area (Å²) in [4.78, 5) is 15.0. The Kier molecular flexibility index (Phi) is 2.58. The third kappa shape index (κ3) is 1.79. The van der Waals surface area contributed by atoms with E-state index >= 15 is 0 Å². The lowest BCUT2D eigenvalue weighted by Crippen LogP contribution is -1.94. The Morgan fingerprint density at radius 3 is 2.93 bits per heavy atom. The first kappa shape index (κ1) is 9.58. The van der Waals surface area contributed by atoms with Gasteiger partial charge in [-0.25, -0.2) is 0 Å². The molecule has 0 amide bonds. The molecule has 0 fully saturated rings. The lowest BCUT2D eigenvalue weighted by Gasteiger charge is -1.95. The van der Waals surface area contributed by atoms with Crippen LogP contribution in [0.2, 0.25) is 0 Å². The van der Waals surface area contributed by atoms with Crippen LogP contribution in [0, 0.1) is 0 Å². The number of aldehydes is 1. The molecule has 76 valence electrons. The summed E-state index contributed by atoms with van der Waals surface area (Å²) in [5, 5.41) is 4.29. The van der Waals surface area contributed by atoms with Crippen molar-refractivity contribution in [3.8, 4) is 11.4 Å². The van der Waals surface area contributed by atoms with Crippen LogP contribution in [0.4, 0.5) is 0 Å². The van der Waals surface area contributed by atoms with Crippen LogP contribution in [0.1, 0.15) is 17.3 Å². The van der Waals surface area contributed by atoms with Gasteiger partial charge in [0.15, 0.2) is 6.29 Å². The van der Waals surface area contributed by atoms with Crippen molar-refractivity contribution in [2.75, 3.05) is 0 Å². The van der Waals surface area contributed by atoms with Gasteiger partial charge < -0.3 is 0 Å². The third-order valence-corrected chi connectivity index (χ3v) is 2.15. The first-order valence-corrected chi connectivity index (χ1v) is 4.79. The van der Waals surface area contributed by atoms with Crippen LogP contribution in [0.5, 0.6) is 0 Å². The average Bonchev–Trinajstić information content (AvgIpc) is 2.73. The van der Waals surface area contributed by atoms with Crippen LogP contribution in [0.25, 0.3) is 11.4 Å². The van der Waals surface area contributed by atoms with Gasteiger partial charge in [0.05, 0.1) is 11.3 Å². The molecule has 0 saturated heterocycles. The number of pyridine rings is 1. The zero-order valence-electron chi connectivity index (χ0n) is 8.42. The largest absolute Gasteiger partial charge is 0.298 e. The molecule has 0 aliphatic rings. The topological polar surface area (TPSA) is 47.8 Å². The molecule has 0 spiro atoms. The maximum absolute atomic E-state index is 10.8. The monoisotopic (exact) mass is 201 g/mol. The Hall–Kier alpha value is -1.97. The maximum atomic E-state index is 10.8. The molecule has 4 nitrogen and oxygen atoms in total. The number of hydrogen-bond acceptors (Lipinski definition) is 3. The number of aryl methyl sites for hydroxylation is 1. The summed E-state index contributed by atoms with van der Waals surface area (Å²) in [7, 11) is 0. The minimum atomic E-state index is 0.579. The Labute approximate surface area is 87.6 Å². The Morgan fingerprint density at radius 2 is 2.33 bits per heavy atom. The Bertz CT molecular complexity index is 462. The molecular formula is C11H11N3O. The summed E-state index contributed by atoms with van der Waals surface area (Å²) >= 11 is 0. The van der Waals surface area contributed by atoms with Crippen LogP contribution in [-0.4, -0.2) is 21.1 Å². The van der Waals surface area contributed by atoms with Crippen molar-refractivity contribution in [2.45, 2.75) is 13.5 Å². The highest BCUT2D eigenvalue weighted by atomic mass is 16.1. The molecule has 0 aliphatic heterocycles. The van der Waals surface area contributed by atoms with Crippen molar-refractivity contribution < 1.29 is 4.79 Å². The molecule has 15 heavy (non-hydrogen) atoms. The number of aromatic nitrogens is 3. The molecule has 0 aliphatic carbocycles. The standard InChI is InChI=1S/C11H11N3O/c1-2-14-7-9(8-15)11(13-14)10-5-3-4-6-12-10/h3-8H,2H2,1H3. The van der Waals surface area contributed by atoms with Crippen LogP contribution in [0.15, 0.2) is 30.6 Å². The van der Waals surface area contributed by atoms with Gasteiger partial charge in [0.1, 0.15) is 5.69 Å². The van der Waals surface area contributed by atoms with Crippen molar-refractivity contribution in [3.63, 3.8) is 0 Å². The van der Waals surface area contributed by atoms with Crippen LogP contribution < -0.4 is 0 Å². The lowest BCUT2D eigenvalue weighted by molar-refractivity contribution is 0.112. The number of carbonyl (C=O) groups excluding carboxylic acids is 1. The molecule has 0 saturated carbocycles. The lowest BCUT2D eigenvalue weighted by atomic mass is 10.2. The molecule has 0 atom stereocenters. The van der Waals surface area contributed by atoms with Gasteiger partial charge in [0.25, 0.3) is 0 Å². The molecule has 2 aromatic heterocycles. The average molecular weight is 201 g/mol. The molecule has 2 heterocycles. The normalized spacial score (nSPS) is 10.2. The molecule has 0 N–H and O–H groups in total. The van der Waals surface area contributed by atoms with E-state index in [0.29, 0.717) is 11.3 Å². The van der Waals surface area contributed by atoms with Crippen molar-refractivity contribution in [1.29, 1.82) is 0 Å². The number of hydrogen-bond donors (Lipinski definition) is 0. The van der Waals surface area contributed by atoms with E-state index < -0.39 is 0 Å². The first-order chi connectivity index (χ1) is 7.35. The molecule has 0 aromatic carbocycles. The van der Waals surface area contributed by atoms with Gasteiger partial charge in [0, 0.05) is 18.9 Å². The highest BCUT2D eigenvalue weighted by Crippen LogP contribution is 2.17. The quantitative estimate of drug-likeness (QED) is 0.711. The predicted octanol–water partition coefficient (Wildman–Crippen LogP) is 1.78. The van der Waals surface area contributed by atoms with Crippen LogP contribution in [-0.2, 0) is 6.54 Å². The molecular weight excluding hydrogens is 190 g/mol. The highest BCUT2D eigenvalue weighted by molar-refractivity contribution is 5.84. The summed E-state index contributed by atoms with van der Waals surface area (Å²) in [5.41, 5.74) is 1.95. The minimum absolute atomic E-state index is 0.579. The van der Waals surface area contributed by atoms with Gasteiger partial charge in [0.2, 0.25) is 0 Å². The zero-order chi connectivity index (χ0) is 10.7. The van der Waals surface area contributed by atoms with Gasteiger partial charge in [-0.15, -0.1) is 0 Å². The van der Waals surface area contributed by atoms with E-state index in [2.05, 4.69) is 10.1 Å². The van der Waals surface area contributed by atoms with E-state index in [-0.39, 0.29) is 0 Å². The number of nitrogens with zero attached hydrogens (tertiary/aromatic N) is 3. The fourth-order valence-corrected chi connectivity index (χ4v) is 1.39. The van der Waals surface area contributed by atoms with Crippen LogP contribution in [0.3, 0.4) is 0 Å². The summed E-state index contributed by atoms with van der Waals surface area (Å²) in [6.45, 7) is 2.72. The minimum Gasteiger partial charge on any atom is -0.298 e. The second-order valence-electron chi connectivity index (χ2n) is 3.12. The Balaban J connectivity index is 2.52. The van der Waals surface area contributed by atoms with Gasteiger partial charge in [-0.05, 0) is 19.1 Å². The molecule has 0 unspecified atom stereocenters. The van der Waals surface area contributed by atoms with Crippen molar-refractivity contribution in [2.24, 2.45) is 0 Å². The molecule has 4 heteroatoms.